The summed E-state index contributed by atoms with van der Waals surface area (Å²) in [5, 5.41) is -0.0601. The lowest BCUT2D eigenvalue weighted by Gasteiger charge is -2.34. The van der Waals surface area contributed by atoms with E-state index in [0.717, 1.165) is 18.6 Å². The van der Waals surface area contributed by atoms with E-state index in [2.05, 4.69) is 13.8 Å². The number of ketones is 1. The Kier molecular flexibility index (Phi) is 6.12. The van der Waals surface area contributed by atoms with E-state index >= 15 is 0 Å². The van der Waals surface area contributed by atoms with Crippen LogP contribution in [0.1, 0.15) is 49.9 Å². The first-order valence-corrected chi connectivity index (χ1v) is 8.07. The summed E-state index contributed by atoms with van der Waals surface area (Å²) in [5.41, 5.74) is 0.0630. The Morgan fingerprint density at radius 2 is 1.83 bits per heavy atom. The number of unbranched alkanes of at least 4 members (excludes halogenated alkanes) is 1. The van der Waals surface area contributed by atoms with E-state index < -0.39 is 11.6 Å². The van der Waals surface area contributed by atoms with Gasteiger partial charge in [0.05, 0.1) is 18.2 Å². The van der Waals surface area contributed by atoms with E-state index in [-0.39, 0.29) is 34.5 Å². The van der Waals surface area contributed by atoms with Crippen LogP contribution in [0.2, 0.25) is 5.02 Å². The number of benzene rings is 1. The first-order chi connectivity index (χ1) is 10.8. The molecule has 0 aliphatic carbocycles. The average molecular weight is 347 g/mol. The summed E-state index contributed by atoms with van der Waals surface area (Å²) in [7, 11) is 0. The van der Waals surface area contributed by atoms with E-state index in [9.17, 15) is 13.6 Å². The molecule has 1 aliphatic heterocycles. The summed E-state index contributed by atoms with van der Waals surface area (Å²) in [6, 6.07) is 1.69. The summed E-state index contributed by atoms with van der Waals surface area (Å²) in [4.78, 5) is 12.0. The number of Topliss-reactive ketones (excluding diaryl/α,β-unsaturated/α-hetero) is 1. The Hall–Kier alpha value is -1.04. The van der Waals surface area contributed by atoms with Crippen molar-refractivity contribution in [2.75, 3.05) is 13.2 Å². The summed E-state index contributed by atoms with van der Waals surface area (Å²) in [6.45, 7) is 5.46. The SMILES string of the molecule is CC1(C)COC(CCCCC(=O)c2cc(F)c(F)cc2Cl)OC1. The quantitative estimate of drug-likeness (QED) is 0.423. The van der Waals surface area contributed by atoms with Gasteiger partial charge in [0.2, 0.25) is 0 Å². The summed E-state index contributed by atoms with van der Waals surface area (Å²) in [5.74, 6) is -2.41. The number of rotatable bonds is 6. The minimum atomic E-state index is -1.07. The van der Waals surface area contributed by atoms with Crippen molar-refractivity contribution in [1.29, 1.82) is 0 Å². The zero-order chi connectivity index (χ0) is 17.0. The maximum atomic E-state index is 13.2. The number of ether oxygens (including phenoxy) is 2. The second-order valence-corrected chi connectivity index (χ2v) is 7.04. The van der Waals surface area contributed by atoms with Crippen molar-refractivity contribution >= 4 is 17.4 Å². The van der Waals surface area contributed by atoms with Crippen LogP contribution in [0.4, 0.5) is 8.78 Å². The molecule has 0 bridgehead atoms. The molecule has 0 N–H and O–H groups in total. The largest absolute Gasteiger partial charge is 0.352 e. The van der Waals surface area contributed by atoms with Gasteiger partial charge >= 0.3 is 0 Å². The van der Waals surface area contributed by atoms with E-state index in [4.69, 9.17) is 21.1 Å². The molecule has 0 atom stereocenters. The van der Waals surface area contributed by atoms with Crippen molar-refractivity contribution in [1.82, 2.24) is 0 Å². The molecular weight excluding hydrogens is 326 g/mol. The van der Waals surface area contributed by atoms with Gasteiger partial charge < -0.3 is 9.47 Å². The molecule has 23 heavy (non-hydrogen) atoms. The van der Waals surface area contributed by atoms with Crippen molar-refractivity contribution in [2.45, 2.75) is 45.8 Å². The molecule has 1 saturated heterocycles. The predicted octanol–water partition coefficient (Wildman–Crippen LogP) is 4.76. The van der Waals surface area contributed by atoms with Gasteiger partial charge in [-0.05, 0) is 31.4 Å². The molecular formula is C17H21ClF2O3. The second kappa shape index (κ2) is 7.69. The van der Waals surface area contributed by atoms with Gasteiger partial charge in [-0.2, -0.15) is 0 Å². The summed E-state index contributed by atoms with van der Waals surface area (Å²) >= 11 is 5.79. The highest BCUT2D eigenvalue weighted by Gasteiger charge is 2.27. The first kappa shape index (κ1) is 18.3. The fraction of sp³-hybridized carbons (Fsp3) is 0.588. The number of carbonyl (C=O) groups is 1. The molecule has 0 radical (unpaired) electrons. The van der Waals surface area contributed by atoms with Gasteiger partial charge in [-0.1, -0.05) is 25.4 Å². The standard InChI is InChI=1S/C17H21ClF2O3/c1-17(2)9-22-16(23-10-17)6-4-3-5-15(21)11-7-13(19)14(20)8-12(11)18/h7-8,16H,3-6,9-10H2,1-2H3. The molecule has 0 spiro atoms. The van der Waals surface area contributed by atoms with Gasteiger partial charge in [0.1, 0.15) is 0 Å². The Bertz CT molecular complexity index is 565. The lowest BCUT2D eigenvalue weighted by Crippen LogP contribution is -2.37. The number of carbonyl (C=O) groups excluding carboxylic acids is 1. The highest BCUT2D eigenvalue weighted by Crippen LogP contribution is 2.26. The average Bonchev–Trinajstić information content (AvgIpc) is 2.48. The topological polar surface area (TPSA) is 35.5 Å². The Balaban J connectivity index is 1.74. The van der Waals surface area contributed by atoms with Crippen LogP contribution < -0.4 is 0 Å². The van der Waals surface area contributed by atoms with Gasteiger partial charge in [0.25, 0.3) is 0 Å². The molecule has 3 nitrogen and oxygen atoms in total. The predicted molar refractivity (Wildman–Crippen MR) is 83.6 cm³/mol. The molecule has 1 heterocycles. The van der Waals surface area contributed by atoms with E-state index in [0.29, 0.717) is 26.1 Å². The van der Waals surface area contributed by atoms with Gasteiger partial charge in [-0.25, -0.2) is 8.78 Å². The fourth-order valence-corrected chi connectivity index (χ4v) is 2.62. The molecule has 1 aliphatic rings. The fourth-order valence-electron chi connectivity index (χ4n) is 2.36. The van der Waals surface area contributed by atoms with Crippen molar-refractivity contribution in [3.8, 4) is 0 Å². The monoisotopic (exact) mass is 346 g/mol. The highest BCUT2D eigenvalue weighted by molar-refractivity contribution is 6.33. The van der Waals surface area contributed by atoms with Crippen molar-refractivity contribution in [2.24, 2.45) is 5.41 Å². The van der Waals surface area contributed by atoms with Crippen LogP contribution in [0.3, 0.4) is 0 Å². The molecule has 0 saturated carbocycles. The van der Waals surface area contributed by atoms with Crippen LogP contribution in [0.25, 0.3) is 0 Å². The molecule has 1 aromatic carbocycles. The zero-order valence-electron chi connectivity index (χ0n) is 13.3. The highest BCUT2D eigenvalue weighted by atomic mass is 35.5. The third-order valence-electron chi connectivity index (χ3n) is 3.72. The minimum absolute atomic E-state index is 0.0254. The number of hydrogen-bond acceptors (Lipinski definition) is 3. The van der Waals surface area contributed by atoms with Crippen LogP contribution in [-0.4, -0.2) is 25.3 Å². The van der Waals surface area contributed by atoms with Gasteiger partial charge in [-0.15, -0.1) is 0 Å². The van der Waals surface area contributed by atoms with Crippen LogP contribution >= 0.6 is 11.6 Å². The molecule has 0 amide bonds. The van der Waals surface area contributed by atoms with Crippen molar-refractivity contribution < 1.29 is 23.0 Å². The minimum Gasteiger partial charge on any atom is -0.352 e. The first-order valence-electron chi connectivity index (χ1n) is 7.69. The van der Waals surface area contributed by atoms with E-state index in [1.165, 1.54) is 0 Å². The van der Waals surface area contributed by atoms with Gasteiger partial charge in [-0.3, -0.25) is 4.79 Å². The van der Waals surface area contributed by atoms with Crippen LogP contribution in [0, 0.1) is 17.0 Å². The maximum absolute atomic E-state index is 13.2. The van der Waals surface area contributed by atoms with Gasteiger partial charge in [0, 0.05) is 17.4 Å². The number of hydrogen-bond donors (Lipinski definition) is 0. The number of halogens is 3. The van der Waals surface area contributed by atoms with Crippen molar-refractivity contribution in [3.63, 3.8) is 0 Å². The molecule has 128 valence electrons. The van der Waals surface area contributed by atoms with Gasteiger partial charge in [0.15, 0.2) is 23.7 Å². The van der Waals surface area contributed by atoms with Crippen LogP contribution in [-0.2, 0) is 9.47 Å². The Morgan fingerprint density at radius 1 is 1.22 bits per heavy atom. The third-order valence-corrected chi connectivity index (χ3v) is 4.04. The van der Waals surface area contributed by atoms with E-state index in [1.54, 1.807) is 0 Å². The zero-order valence-corrected chi connectivity index (χ0v) is 14.1. The Labute approximate surface area is 139 Å². The molecule has 1 aromatic rings. The van der Waals surface area contributed by atoms with Crippen LogP contribution in [0.5, 0.6) is 0 Å². The summed E-state index contributed by atoms with van der Waals surface area (Å²) < 4.78 is 37.4. The second-order valence-electron chi connectivity index (χ2n) is 6.63. The smallest absolute Gasteiger partial charge is 0.164 e. The molecule has 2 rings (SSSR count). The summed E-state index contributed by atoms with van der Waals surface area (Å²) in [6.07, 6.45) is 2.06. The van der Waals surface area contributed by atoms with Crippen molar-refractivity contribution in [3.05, 3.63) is 34.4 Å². The molecule has 1 fully saturated rings. The molecule has 0 aromatic heterocycles. The lowest BCUT2D eigenvalue weighted by molar-refractivity contribution is -0.224. The third kappa shape index (κ3) is 5.23. The van der Waals surface area contributed by atoms with E-state index in [1.807, 2.05) is 0 Å². The van der Waals surface area contributed by atoms with Crippen LogP contribution in [0.15, 0.2) is 12.1 Å². The molecule has 6 heteroatoms. The normalized spacial score (nSPS) is 18.1. The Morgan fingerprint density at radius 3 is 2.48 bits per heavy atom. The maximum Gasteiger partial charge on any atom is 0.164 e. The lowest BCUT2D eigenvalue weighted by atomic mass is 9.95. The molecule has 0 unspecified atom stereocenters.